The van der Waals surface area contributed by atoms with E-state index in [4.69, 9.17) is 0 Å². The number of nitrogens with zero attached hydrogens (tertiary/aromatic N) is 2. The number of para-hydroxylation sites is 1. The van der Waals surface area contributed by atoms with Crippen LogP contribution >= 0.6 is 11.3 Å². The summed E-state index contributed by atoms with van der Waals surface area (Å²) in [6.45, 7) is 7.57. The molecule has 1 saturated heterocycles. The van der Waals surface area contributed by atoms with Gasteiger partial charge in [0, 0.05) is 66.8 Å². The molecule has 2 aromatic heterocycles. The molecule has 0 radical (unpaired) electrons. The first-order valence-corrected chi connectivity index (χ1v) is 10.3. The number of aliphatic hydroxyl groups excluding tert-OH is 1. The van der Waals surface area contributed by atoms with Gasteiger partial charge >= 0.3 is 0 Å². The topological polar surface area (TPSA) is 42.5 Å². The zero-order valence-corrected chi connectivity index (χ0v) is 16.1. The molecule has 1 aliphatic heterocycles. The lowest BCUT2D eigenvalue weighted by atomic mass is 10.1. The van der Waals surface area contributed by atoms with Crippen LogP contribution in [0.1, 0.15) is 22.6 Å². The molecule has 4 nitrogen and oxygen atoms in total. The van der Waals surface area contributed by atoms with Crippen molar-refractivity contribution in [2.24, 2.45) is 0 Å². The number of rotatable bonds is 6. The van der Waals surface area contributed by atoms with Gasteiger partial charge in [-0.05, 0) is 36.4 Å². The Morgan fingerprint density at radius 3 is 2.81 bits per heavy atom. The molecule has 1 atom stereocenters. The molecular weight excluding hydrogens is 342 g/mol. The summed E-state index contributed by atoms with van der Waals surface area (Å²) >= 11 is 1.82. The molecule has 3 aromatic rings. The number of fused-ring (bicyclic) bond motifs is 1. The molecule has 1 aliphatic rings. The van der Waals surface area contributed by atoms with Gasteiger partial charge in [-0.25, -0.2) is 0 Å². The maximum atomic E-state index is 9.53. The second-order valence-electron chi connectivity index (χ2n) is 7.23. The van der Waals surface area contributed by atoms with E-state index in [1.807, 2.05) is 11.3 Å². The van der Waals surface area contributed by atoms with E-state index in [1.165, 1.54) is 27.0 Å². The number of aryl methyl sites for hydroxylation is 1. The lowest BCUT2D eigenvalue weighted by molar-refractivity contribution is 0.0501. The Morgan fingerprint density at radius 2 is 2.04 bits per heavy atom. The molecule has 0 spiro atoms. The Hall–Kier alpha value is -1.66. The van der Waals surface area contributed by atoms with Crippen molar-refractivity contribution in [2.45, 2.75) is 32.5 Å². The molecule has 0 aliphatic carbocycles. The number of benzene rings is 1. The average Bonchev–Trinajstić information content (AvgIpc) is 3.26. The molecule has 138 valence electrons. The Bertz CT molecular complexity index is 842. The fourth-order valence-corrected chi connectivity index (χ4v) is 4.78. The molecule has 1 fully saturated rings. The van der Waals surface area contributed by atoms with E-state index < -0.39 is 0 Å². The van der Waals surface area contributed by atoms with Crippen molar-refractivity contribution in [3.05, 3.63) is 57.9 Å². The predicted molar refractivity (Wildman–Crippen MR) is 109 cm³/mol. The molecule has 0 unspecified atom stereocenters. The van der Waals surface area contributed by atoms with Crippen molar-refractivity contribution in [1.82, 2.24) is 14.8 Å². The smallest absolute Gasteiger partial charge is 0.0459 e. The Balaban J connectivity index is 1.45. The molecule has 0 bridgehead atoms. The first-order valence-electron chi connectivity index (χ1n) is 9.40. The summed E-state index contributed by atoms with van der Waals surface area (Å²) in [4.78, 5) is 10.1. The standard InChI is InChI=1S/C21H27N3OS/c1-16-19-6-2-3-7-20(19)22-21(16)15-23-9-10-24(17(13-23)8-11-25)14-18-5-4-12-26-18/h2-7,12,17,22,25H,8-11,13-15H2,1H3/t17-/m0/s1. The van der Waals surface area contributed by atoms with Crippen LogP contribution in [0.4, 0.5) is 0 Å². The van der Waals surface area contributed by atoms with Gasteiger partial charge in [0.05, 0.1) is 0 Å². The minimum absolute atomic E-state index is 0.255. The number of nitrogens with one attached hydrogen (secondary N) is 1. The highest BCUT2D eigenvalue weighted by atomic mass is 32.1. The largest absolute Gasteiger partial charge is 0.396 e. The molecule has 4 rings (SSSR count). The minimum atomic E-state index is 0.255. The summed E-state index contributed by atoms with van der Waals surface area (Å²) in [7, 11) is 0. The number of hydrogen-bond acceptors (Lipinski definition) is 4. The van der Waals surface area contributed by atoms with Crippen molar-refractivity contribution < 1.29 is 5.11 Å². The van der Waals surface area contributed by atoms with E-state index >= 15 is 0 Å². The van der Waals surface area contributed by atoms with Crippen LogP contribution in [0.15, 0.2) is 41.8 Å². The molecule has 5 heteroatoms. The van der Waals surface area contributed by atoms with Gasteiger partial charge in [0.25, 0.3) is 0 Å². The second kappa shape index (κ2) is 7.92. The fourth-order valence-electron chi connectivity index (χ4n) is 4.05. The summed E-state index contributed by atoms with van der Waals surface area (Å²) in [6.07, 6.45) is 0.841. The maximum absolute atomic E-state index is 9.53. The van der Waals surface area contributed by atoms with E-state index in [0.29, 0.717) is 6.04 Å². The van der Waals surface area contributed by atoms with Crippen LogP contribution in [-0.2, 0) is 13.1 Å². The van der Waals surface area contributed by atoms with Crippen LogP contribution in [0.5, 0.6) is 0 Å². The summed E-state index contributed by atoms with van der Waals surface area (Å²) in [5.74, 6) is 0. The molecule has 0 saturated carbocycles. The van der Waals surface area contributed by atoms with Gasteiger partial charge in [-0.2, -0.15) is 0 Å². The van der Waals surface area contributed by atoms with Gasteiger partial charge in [0.1, 0.15) is 0 Å². The number of aromatic nitrogens is 1. The summed E-state index contributed by atoms with van der Waals surface area (Å²) in [5, 5.41) is 13.0. The highest BCUT2D eigenvalue weighted by Crippen LogP contribution is 2.24. The van der Waals surface area contributed by atoms with E-state index in [2.05, 4.69) is 63.5 Å². The van der Waals surface area contributed by atoms with Crippen molar-refractivity contribution >= 4 is 22.2 Å². The zero-order valence-electron chi connectivity index (χ0n) is 15.3. The lowest BCUT2D eigenvalue weighted by Gasteiger charge is -2.41. The van der Waals surface area contributed by atoms with Crippen molar-refractivity contribution in [2.75, 3.05) is 26.2 Å². The molecular formula is C21H27N3OS. The number of H-pyrrole nitrogens is 1. The average molecular weight is 370 g/mol. The van der Waals surface area contributed by atoms with Gasteiger partial charge < -0.3 is 10.1 Å². The van der Waals surface area contributed by atoms with E-state index in [0.717, 1.165) is 39.1 Å². The number of thiophene rings is 1. The van der Waals surface area contributed by atoms with Crippen LogP contribution in [0.2, 0.25) is 0 Å². The summed E-state index contributed by atoms with van der Waals surface area (Å²) in [5.41, 5.74) is 3.91. The first-order chi connectivity index (χ1) is 12.7. The van der Waals surface area contributed by atoms with E-state index in [1.54, 1.807) is 0 Å². The highest BCUT2D eigenvalue weighted by Gasteiger charge is 2.27. The third kappa shape index (κ3) is 3.71. The Morgan fingerprint density at radius 1 is 1.15 bits per heavy atom. The highest BCUT2D eigenvalue weighted by molar-refractivity contribution is 7.09. The van der Waals surface area contributed by atoms with Gasteiger partial charge in [-0.1, -0.05) is 24.3 Å². The lowest BCUT2D eigenvalue weighted by Crippen LogP contribution is -2.52. The Labute approximate surface area is 159 Å². The third-order valence-electron chi connectivity index (χ3n) is 5.54. The van der Waals surface area contributed by atoms with Gasteiger partial charge in [0.15, 0.2) is 0 Å². The van der Waals surface area contributed by atoms with Crippen molar-refractivity contribution in [3.63, 3.8) is 0 Å². The third-order valence-corrected chi connectivity index (χ3v) is 6.40. The van der Waals surface area contributed by atoms with Gasteiger partial charge in [-0.15, -0.1) is 11.3 Å². The minimum Gasteiger partial charge on any atom is -0.396 e. The first kappa shape index (κ1) is 17.7. The number of aromatic amines is 1. The van der Waals surface area contributed by atoms with Crippen LogP contribution in [0, 0.1) is 6.92 Å². The van der Waals surface area contributed by atoms with Crippen molar-refractivity contribution in [3.8, 4) is 0 Å². The molecule has 1 aromatic carbocycles. The quantitative estimate of drug-likeness (QED) is 0.698. The number of hydrogen-bond donors (Lipinski definition) is 2. The summed E-state index contributed by atoms with van der Waals surface area (Å²) < 4.78 is 0. The number of piperazine rings is 1. The van der Waals surface area contributed by atoms with Crippen molar-refractivity contribution in [1.29, 1.82) is 0 Å². The molecule has 0 amide bonds. The normalized spacial score (nSPS) is 19.4. The molecule has 2 N–H and O–H groups in total. The van der Waals surface area contributed by atoms with Gasteiger partial charge in [-0.3, -0.25) is 9.80 Å². The van der Waals surface area contributed by atoms with Crippen LogP contribution in [0.25, 0.3) is 10.9 Å². The van der Waals surface area contributed by atoms with Crippen LogP contribution < -0.4 is 0 Å². The molecule has 26 heavy (non-hydrogen) atoms. The maximum Gasteiger partial charge on any atom is 0.0459 e. The zero-order chi connectivity index (χ0) is 17.9. The van der Waals surface area contributed by atoms with Crippen LogP contribution in [-0.4, -0.2) is 52.2 Å². The Kier molecular flexibility index (Phi) is 5.41. The predicted octanol–water partition coefficient (Wildman–Crippen LogP) is 3.61. The summed E-state index contributed by atoms with van der Waals surface area (Å²) in [6, 6.07) is 13.3. The second-order valence-corrected chi connectivity index (χ2v) is 8.26. The SMILES string of the molecule is Cc1c(CN2CCN(Cc3cccs3)[C@@H](CCO)C2)[nH]c2ccccc12. The van der Waals surface area contributed by atoms with E-state index in [-0.39, 0.29) is 6.61 Å². The van der Waals surface area contributed by atoms with Gasteiger partial charge in [0.2, 0.25) is 0 Å². The number of aliphatic hydroxyl groups is 1. The molecule has 3 heterocycles. The monoisotopic (exact) mass is 369 g/mol. The van der Waals surface area contributed by atoms with Crippen LogP contribution in [0.3, 0.4) is 0 Å². The fraction of sp³-hybridized carbons (Fsp3) is 0.429. The van der Waals surface area contributed by atoms with E-state index in [9.17, 15) is 5.11 Å².